The SMILES string of the molecule is CN(CCN1C(=O)N(c2c(F)cc(C#Cc3ccccc3)cc2F)C(=O)CC1(C)C=O)c1cnn(C)c1. The highest BCUT2D eigenvalue weighted by Crippen LogP contribution is 2.33. The molecule has 0 saturated carbocycles. The Hall–Kier alpha value is -4.52. The van der Waals surface area contributed by atoms with Crippen LogP contribution in [0, 0.1) is 23.5 Å². The molecule has 0 radical (unpaired) electrons. The van der Waals surface area contributed by atoms with Crippen LogP contribution in [-0.4, -0.2) is 58.6 Å². The molecule has 0 bridgehead atoms. The molecule has 10 heteroatoms. The van der Waals surface area contributed by atoms with Crippen LogP contribution in [0.3, 0.4) is 0 Å². The Morgan fingerprint density at radius 3 is 2.35 bits per heavy atom. The minimum absolute atomic E-state index is 0.0210. The first-order chi connectivity index (χ1) is 17.6. The maximum Gasteiger partial charge on any atom is 0.332 e. The molecule has 1 aliphatic rings. The lowest BCUT2D eigenvalue weighted by Crippen LogP contribution is -2.65. The van der Waals surface area contributed by atoms with Crippen LogP contribution in [0.1, 0.15) is 24.5 Å². The Balaban J connectivity index is 1.62. The van der Waals surface area contributed by atoms with Crippen LogP contribution in [0.25, 0.3) is 0 Å². The first-order valence-corrected chi connectivity index (χ1v) is 11.5. The minimum atomic E-state index is -1.46. The van der Waals surface area contributed by atoms with Crippen molar-refractivity contribution in [1.82, 2.24) is 14.7 Å². The lowest BCUT2D eigenvalue weighted by atomic mass is 9.93. The summed E-state index contributed by atoms with van der Waals surface area (Å²) in [6.45, 7) is 1.75. The summed E-state index contributed by atoms with van der Waals surface area (Å²) in [5.41, 5.74) is -0.772. The summed E-state index contributed by atoms with van der Waals surface area (Å²) in [6.07, 6.45) is 3.51. The number of rotatable bonds is 6. The van der Waals surface area contributed by atoms with E-state index in [0.717, 1.165) is 22.7 Å². The van der Waals surface area contributed by atoms with E-state index in [1.54, 1.807) is 55.4 Å². The Bertz CT molecular complexity index is 1390. The molecule has 3 aromatic rings. The van der Waals surface area contributed by atoms with E-state index in [-0.39, 0.29) is 18.7 Å². The summed E-state index contributed by atoms with van der Waals surface area (Å²) >= 11 is 0. The zero-order chi connectivity index (χ0) is 26.7. The van der Waals surface area contributed by atoms with Gasteiger partial charge in [-0.05, 0) is 31.2 Å². The fraction of sp³-hybridized carbons (Fsp3) is 0.259. The number of urea groups is 1. The number of carbonyl (C=O) groups excluding carboxylic acids is 3. The largest absolute Gasteiger partial charge is 0.370 e. The van der Waals surface area contributed by atoms with Crippen LogP contribution < -0.4 is 9.80 Å². The second-order valence-corrected chi connectivity index (χ2v) is 9.01. The van der Waals surface area contributed by atoms with Gasteiger partial charge < -0.3 is 14.6 Å². The second kappa shape index (κ2) is 10.2. The lowest BCUT2D eigenvalue weighted by Gasteiger charge is -2.44. The fourth-order valence-corrected chi connectivity index (χ4v) is 4.10. The summed E-state index contributed by atoms with van der Waals surface area (Å²) in [6, 6.07) is 9.87. The Morgan fingerprint density at radius 2 is 1.76 bits per heavy atom. The maximum absolute atomic E-state index is 15.1. The molecule has 1 fully saturated rings. The maximum atomic E-state index is 15.1. The first kappa shape index (κ1) is 25.6. The summed E-state index contributed by atoms with van der Waals surface area (Å²) < 4.78 is 31.9. The quantitative estimate of drug-likeness (QED) is 0.379. The van der Waals surface area contributed by atoms with Crippen molar-refractivity contribution in [3.63, 3.8) is 0 Å². The molecular formula is C27H25F2N5O3. The van der Waals surface area contributed by atoms with Gasteiger partial charge in [0.2, 0.25) is 5.91 Å². The summed E-state index contributed by atoms with van der Waals surface area (Å²) in [5.74, 6) is 2.40. The smallest absolute Gasteiger partial charge is 0.332 e. The number of likely N-dealkylation sites (N-methyl/N-ethyl adjacent to an activating group) is 1. The van der Waals surface area contributed by atoms with Crippen LogP contribution in [0.15, 0.2) is 54.9 Å². The average molecular weight is 506 g/mol. The first-order valence-electron chi connectivity index (χ1n) is 11.5. The lowest BCUT2D eigenvalue weighted by molar-refractivity contribution is -0.128. The van der Waals surface area contributed by atoms with Crippen molar-refractivity contribution < 1.29 is 23.2 Å². The van der Waals surface area contributed by atoms with Crippen LogP contribution >= 0.6 is 0 Å². The summed E-state index contributed by atoms with van der Waals surface area (Å²) in [7, 11) is 3.54. The van der Waals surface area contributed by atoms with Crippen LogP contribution in [0.5, 0.6) is 0 Å². The number of amides is 3. The normalized spacial score (nSPS) is 17.4. The molecule has 190 valence electrons. The number of hydrogen-bond acceptors (Lipinski definition) is 5. The molecule has 1 aliphatic heterocycles. The molecule has 1 atom stereocenters. The van der Waals surface area contributed by atoms with Gasteiger partial charge in [-0.2, -0.15) is 5.10 Å². The average Bonchev–Trinajstić information content (AvgIpc) is 3.31. The predicted molar refractivity (Wildman–Crippen MR) is 134 cm³/mol. The molecule has 37 heavy (non-hydrogen) atoms. The van der Waals surface area contributed by atoms with E-state index >= 15 is 8.78 Å². The van der Waals surface area contributed by atoms with Crippen molar-refractivity contribution in [3.05, 3.63) is 77.6 Å². The van der Waals surface area contributed by atoms with Gasteiger partial charge in [-0.15, -0.1) is 0 Å². The highest BCUT2D eigenvalue weighted by atomic mass is 19.1. The molecular weight excluding hydrogens is 480 g/mol. The zero-order valence-electron chi connectivity index (χ0n) is 20.6. The van der Waals surface area contributed by atoms with E-state index in [4.69, 9.17) is 0 Å². The van der Waals surface area contributed by atoms with E-state index in [9.17, 15) is 14.4 Å². The molecule has 1 aromatic heterocycles. The van der Waals surface area contributed by atoms with Crippen LogP contribution in [0.2, 0.25) is 0 Å². The number of aldehydes is 1. The topological polar surface area (TPSA) is 78.8 Å². The van der Waals surface area contributed by atoms with Crippen LogP contribution in [-0.2, 0) is 16.6 Å². The second-order valence-electron chi connectivity index (χ2n) is 9.01. The third-order valence-electron chi connectivity index (χ3n) is 6.21. The highest BCUT2D eigenvalue weighted by molar-refractivity contribution is 6.18. The van der Waals surface area contributed by atoms with Crippen molar-refractivity contribution in [2.75, 3.05) is 29.9 Å². The summed E-state index contributed by atoms with van der Waals surface area (Å²) in [5, 5.41) is 4.10. The number of carbonyl (C=O) groups is 3. The number of halogens is 2. The molecule has 0 aliphatic carbocycles. The minimum Gasteiger partial charge on any atom is -0.370 e. The van der Waals surface area contributed by atoms with Gasteiger partial charge >= 0.3 is 6.03 Å². The van der Waals surface area contributed by atoms with Crippen molar-refractivity contribution >= 4 is 29.6 Å². The molecule has 0 spiro atoms. The van der Waals surface area contributed by atoms with E-state index in [1.807, 2.05) is 11.0 Å². The van der Waals surface area contributed by atoms with Gasteiger partial charge in [-0.1, -0.05) is 30.0 Å². The molecule has 2 heterocycles. The number of aryl methyl sites for hydroxylation is 1. The van der Waals surface area contributed by atoms with Gasteiger partial charge in [-0.3, -0.25) is 9.48 Å². The van der Waals surface area contributed by atoms with Crippen molar-refractivity contribution in [2.24, 2.45) is 7.05 Å². The molecule has 4 rings (SSSR count). The number of benzene rings is 2. The Labute approximate surface area is 213 Å². The zero-order valence-corrected chi connectivity index (χ0v) is 20.6. The summed E-state index contributed by atoms with van der Waals surface area (Å²) in [4.78, 5) is 41.8. The van der Waals surface area contributed by atoms with Crippen molar-refractivity contribution in [1.29, 1.82) is 0 Å². The number of aromatic nitrogens is 2. The molecule has 1 saturated heterocycles. The number of nitrogens with zero attached hydrogens (tertiary/aromatic N) is 5. The van der Waals surface area contributed by atoms with E-state index in [1.165, 1.54) is 6.92 Å². The number of imide groups is 1. The van der Waals surface area contributed by atoms with E-state index < -0.39 is 41.2 Å². The van der Waals surface area contributed by atoms with Gasteiger partial charge in [0.15, 0.2) is 11.6 Å². The van der Waals surface area contributed by atoms with E-state index in [2.05, 4.69) is 16.9 Å². The van der Waals surface area contributed by atoms with Gasteiger partial charge in [0, 0.05) is 44.5 Å². The molecule has 1 unspecified atom stereocenters. The molecule has 0 N–H and O–H groups in total. The van der Waals surface area contributed by atoms with Crippen molar-refractivity contribution in [2.45, 2.75) is 18.9 Å². The van der Waals surface area contributed by atoms with Gasteiger partial charge in [0.25, 0.3) is 0 Å². The monoisotopic (exact) mass is 505 g/mol. The van der Waals surface area contributed by atoms with Gasteiger partial charge in [-0.25, -0.2) is 18.5 Å². The van der Waals surface area contributed by atoms with Gasteiger partial charge in [0.05, 0.1) is 18.3 Å². The van der Waals surface area contributed by atoms with Crippen LogP contribution in [0.4, 0.5) is 25.0 Å². The van der Waals surface area contributed by atoms with Gasteiger partial charge in [0.1, 0.15) is 17.5 Å². The van der Waals surface area contributed by atoms with E-state index in [0.29, 0.717) is 16.7 Å². The Kier molecular flexibility index (Phi) is 7.07. The standard InChI is InChI=1S/C27H25F2N5O3/c1-27(18-35)15-24(36)34(26(37)33(27)12-11-31(2)21-16-30-32(3)17-21)25-22(28)13-20(14-23(25)29)10-9-19-7-5-4-6-8-19/h4-8,13-14,16-18H,11-12,15H2,1-3H3. The fourth-order valence-electron chi connectivity index (χ4n) is 4.10. The third kappa shape index (κ3) is 5.21. The number of hydrogen-bond donors (Lipinski definition) is 0. The number of anilines is 2. The van der Waals surface area contributed by atoms with Crippen molar-refractivity contribution in [3.8, 4) is 11.8 Å². The molecule has 2 aromatic carbocycles. The predicted octanol–water partition coefficient (Wildman–Crippen LogP) is 3.35. The molecule has 8 nitrogen and oxygen atoms in total. The highest BCUT2D eigenvalue weighted by Gasteiger charge is 2.48. The third-order valence-corrected chi connectivity index (χ3v) is 6.21. The Morgan fingerprint density at radius 1 is 1.11 bits per heavy atom. The molecule has 3 amide bonds.